The Morgan fingerprint density at radius 1 is 0.688 bits per heavy atom. The number of unbranched alkanes of at least 4 members (excludes halogenated alkanes) is 5. The van der Waals surface area contributed by atoms with Crippen molar-refractivity contribution in [1.29, 1.82) is 0 Å². The molecule has 0 aliphatic heterocycles. The topological polar surface area (TPSA) is 0 Å². The highest BCUT2D eigenvalue weighted by molar-refractivity contribution is 7.80. The van der Waals surface area contributed by atoms with Crippen molar-refractivity contribution in [3.63, 3.8) is 0 Å². The molecule has 0 atom stereocenters. The first kappa shape index (κ1) is 16.6. The van der Waals surface area contributed by atoms with E-state index in [4.69, 9.17) is 0 Å². The first-order valence-electron chi connectivity index (χ1n) is 7.35. The van der Waals surface area contributed by atoms with Crippen molar-refractivity contribution in [2.75, 3.05) is 5.75 Å². The van der Waals surface area contributed by atoms with Crippen molar-refractivity contribution in [2.24, 2.45) is 0 Å². The lowest BCUT2D eigenvalue weighted by molar-refractivity contribution is 0.623. The standard InChI is InChI=1S/C14H32SSi/c1-4-16(5-2,6-3)14-12-10-8-7-9-11-13-15/h15H,4-14H2,1-3H3. The fourth-order valence-corrected chi connectivity index (χ4v) is 6.38. The monoisotopic (exact) mass is 260 g/mol. The van der Waals surface area contributed by atoms with Gasteiger partial charge in [-0.05, 0) is 12.2 Å². The summed E-state index contributed by atoms with van der Waals surface area (Å²) in [5.41, 5.74) is 0. The molecule has 0 bridgehead atoms. The third-order valence-corrected chi connectivity index (χ3v) is 10.6. The van der Waals surface area contributed by atoms with Gasteiger partial charge in [0.2, 0.25) is 0 Å². The Kier molecular flexibility index (Phi) is 11.1. The average Bonchev–Trinajstić information content (AvgIpc) is 2.34. The fraction of sp³-hybridized carbons (Fsp3) is 1.00. The van der Waals surface area contributed by atoms with E-state index >= 15 is 0 Å². The van der Waals surface area contributed by atoms with Gasteiger partial charge in [-0.25, -0.2) is 0 Å². The fourth-order valence-electron chi connectivity index (χ4n) is 2.60. The van der Waals surface area contributed by atoms with Gasteiger partial charge in [0.15, 0.2) is 0 Å². The largest absolute Gasteiger partial charge is 0.179 e. The van der Waals surface area contributed by atoms with Crippen LogP contribution in [0.1, 0.15) is 59.3 Å². The minimum Gasteiger partial charge on any atom is -0.179 e. The van der Waals surface area contributed by atoms with E-state index in [-0.39, 0.29) is 0 Å². The highest BCUT2D eigenvalue weighted by Crippen LogP contribution is 2.27. The van der Waals surface area contributed by atoms with Crippen molar-refractivity contribution in [1.82, 2.24) is 0 Å². The molecule has 0 fully saturated rings. The van der Waals surface area contributed by atoms with E-state index < -0.39 is 8.07 Å². The zero-order valence-electron chi connectivity index (χ0n) is 11.7. The summed E-state index contributed by atoms with van der Waals surface area (Å²) in [6, 6.07) is 6.09. The maximum atomic E-state index is 4.25. The summed E-state index contributed by atoms with van der Waals surface area (Å²) in [5.74, 6) is 1.07. The van der Waals surface area contributed by atoms with Crippen molar-refractivity contribution < 1.29 is 0 Å². The molecule has 0 rings (SSSR count). The van der Waals surface area contributed by atoms with E-state index in [1.54, 1.807) is 6.04 Å². The van der Waals surface area contributed by atoms with Crippen molar-refractivity contribution in [2.45, 2.75) is 83.5 Å². The molecule has 0 saturated heterocycles. The maximum Gasteiger partial charge on any atom is 0.0527 e. The molecule has 16 heavy (non-hydrogen) atoms. The van der Waals surface area contributed by atoms with Gasteiger partial charge in [0.1, 0.15) is 0 Å². The predicted molar refractivity (Wildman–Crippen MR) is 83.6 cm³/mol. The molecule has 0 aliphatic carbocycles. The number of rotatable bonds is 11. The van der Waals surface area contributed by atoms with Gasteiger partial charge < -0.3 is 0 Å². The van der Waals surface area contributed by atoms with Crippen LogP contribution in [0.15, 0.2) is 0 Å². The quantitative estimate of drug-likeness (QED) is 0.272. The van der Waals surface area contributed by atoms with Gasteiger partial charge >= 0.3 is 0 Å². The molecule has 0 saturated carbocycles. The minimum absolute atomic E-state index is 0.805. The van der Waals surface area contributed by atoms with Crippen molar-refractivity contribution in [3.05, 3.63) is 0 Å². The second-order valence-corrected chi connectivity index (χ2v) is 11.2. The van der Waals surface area contributed by atoms with Crippen LogP contribution in [0.3, 0.4) is 0 Å². The van der Waals surface area contributed by atoms with Gasteiger partial charge in [0, 0.05) is 0 Å². The second kappa shape index (κ2) is 10.7. The van der Waals surface area contributed by atoms with Gasteiger partial charge in [-0.1, -0.05) is 77.1 Å². The van der Waals surface area contributed by atoms with Crippen LogP contribution >= 0.6 is 12.6 Å². The number of thiol groups is 1. The molecule has 0 nitrogen and oxygen atoms in total. The van der Waals surface area contributed by atoms with E-state index in [1.165, 1.54) is 56.7 Å². The van der Waals surface area contributed by atoms with E-state index in [0.29, 0.717) is 0 Å². The van der Waals surface area contributed by atoms with Crippen LogP contribution in [0.4, 0.5) is 0 Å². The number of hydrogen-bond donors (Lipinski definition) is 1. The average molecular weight is 261 g/mol. The molecule has 0 aromatic rings. The van der Waals surface area contributed by atoms with Crippen LogP contribution in [0.25, 0.3) is 0 Å². The van der Waals surface area contributed by atoms with Gasteiger partial charge in [-0.3, -0.25) is 0 Å². The Morgan fingerprint density at radius 3 is 1.56 bits per heavy atom. The summed E-state index contributed by atoms with van der Waals surface area (Å²) in [6.45, 7) is 7.27. The highest BCUT2D eigenvalue weighted by atomic mass is 32.1. The molecule has 0 radical (unpaired) electrons. The van der Waals surface area contributed by atoms with E-state index in [0.717, 1.165) is 5.75 Å². The SMILES string of the molecule is CC[Si](CC)(CC)CCCCCCCCS. The smallest absolute Gasteiger partial charge is 0.0527 e. The highest BCUT2D eigenvalue weighted by Gasteiger charge is 2.25. The lowest BCUT2D eigenvalue weighted by Crippen LogP contribution is -2.30. The lowest BCUT2D eigenvalue weighted by Gasteiger charge is -2.28. The summed E-state index contributed by atoms with van der Waals surface area (Å²) in [7, 11) is -0.805. The van der Waals surface area contributed by atoms with Gasteiger partial charge in [-0.2, -0.15) is 12.6 Å². The van der Waals surface area contributed by atoms with E-state index in [1.807, 2.05) is 0 Å². The lowest BCUT2D eigenvalue weighted by atomic mass is 10.1. The predicted octanol–water partition coefficient (Wildman–Crippen LogP) is 5.77. The van der Waals surface area contributed by atoms with Crippen LogP contribution in [0.2, 0.25) is 24.2 Å². The first-order chi connectivity index (χ1) is 7.74. The zero-order chi connectivity index (χ0) is 12.3. The maximum absolute atomic E-state index is 4.25. The molecular weight excluding hydrogens is 228 g/mol. The van der Waals surface area contributed by atoms with Crippen LogP contribution < -0.4 is 0 Å². The van der Waals surface area contributed by atoms with Gasteiger partial charge in [-0.15, -0.1) is 0 Å². The molecule has 0 spiro atoms. The molecule has 0 aliphatic rings. The summed E-state index contributed by atoms with van der Waals surface area (Å²) in [6.07, 6.45) is 8.56. The first-order valence-corrected chi connectivity index (χ1v) is 10.8. The molecule has 0 aromatic carbocycles. The molecule has 0 unspecified atom stereocenters. The Balaban J connectivity index is 3.48. The van der Waals surface area contributed by atoms with Gasteiger partial charge in [0.25, 0.3) is 0 Å². The summed E-state index contributed by atoms with van der Waals surface area (Å²) in [4.78, 5) is 0. The molecule has 2 heteroatoms. The Bertz CT molecular complexity index is 135. The summed E-state index contributed by atoms with van der Waals surface area (Å²) >= 11 is 4.25. The van der Waals surface area contributed by atoms with E-state index in [2.05, 4.69) is 33.4 Å². The van der Waals surface area contributed by atoms with Crippen LogP contribution in [0.5, 0.6) is 0 Å². The van der Waals surface area contributed by atoms with Crippen molar-refractivity contribution in [3.8, 4) is 0 Å². The second-order valence-electron chi connectivity index (χ2n) is 5.16. The van der Waals surface area contributed by atoms with Crippen molar-refractivity contribution >= 4 is 20.7 Å². The molecule has 98 valence electrons. The van der Waals surface area contributed by atoms with E-state index in [9.17, 15) is 0 Å². The Morgan fingerprint density at radius 2 is 1.12 bits per heavy atom. The Labute approximate surface area is 110 Å². The third kappa shape index (κ3) is 7.00. The Hall–Kier alpha value is 0.567. The normalized spacial score (nSPS) is 12.0. The molecular formula is C14H32SSi. The molecule has 0 heterocycles. The summed E-state index contributed by atoms with van der Waals surface area (Å²) < 4.78 is 0. The molecule has 0 amide bonds. The van der Waals surface area contributed by atoms with Crippen LogP contribution in [-0.2, 0) is 0 Å². The zero-order valence-corrected chi connectivity index (χ0v) is 13.6. The molecule has 0 N–H and O–H groups in total. The van der Waals surface area contributed by atoms with Crippen LogP contribution in [-0.4, -0.2) is 13.8 Å². The summed E-state index contributed by atoms with van der Waals surface area (Å²) in [5, 5.41) is 0. The minimum atomic E-state index is -0.805. The van der Waals surface area contributed by atoms with Gasteiger partial charge in [0.05, 0.1) is 8.07 Å². The third-order valence-electron chi connectivity index (χ3n) is 4.37. The van der Waals surface area contributed by atoms with Crippen LogP contribution in [0, 0.1) is 0 Å². The number of hydrogen-bond acceptors (Lipinski definition) is 1. The molecule has 0 aromatic heterocycles.